The zero-order valence-electron chi connectivity index (χ0n) is 13.0. The van der Waals surface area contributed by atoms with Crippen LogP contribution in [0, 0.1) is 0 Å². The molecule has 1 fully saturated rings. The number of likely N-dealkylation sites (tertiary alicyclic amines) is 1. The highest BCUT2D eigenvalue weighted by Crippen LogP contribution is 2.69. The van der Waals surface area contributed by atoms with Gasteiger partial charge in [0.1, 0.15) is 0 Å². The molecule has 0 spiro atoms. The number of halogens is 19. The van der Waals surface area contributed by atoms with E-state index in [2.05, 4.69) is 0 Å². The standard InChI is InChI=1S/C10F19NO/c11-1(31)2(12,13)7(22,8(23,24)25)30-9(26,27)5(18,19)3(14,15)4(16,17)6(20,21)10(30,28)29. The van der Waals surface area contributed by atoms with Crippen LogP contribution in [-0.4, -0.2) is 64.6 Å². The highest BCUT2D eigenvalue weighted by Gasteiger charge is 3.01. The number of alkyl halides is 18. The van der Waals surface area contributed by atoms with Crippen LogP contribution in [-0.2, 0) is 4.79 Å². The molecule has 0 N–H and O–H groups in total. The minimum atomic E-state index is -8.72. The van der Waals surface area contributed by atoms with Crippen molar-refractivity contribution in [2.24, 2.45) is 0 Å². The van der Waals surface area contributed by atoms with Crippen LogP contribution in [0.5, 0.6) is 0 Å². The normalized spacial score (nSPS) is 29.0. The molecule has 0 aliphatic carbocycles. The number of rotatable bonds is 3. The van der Waals surface area contributed by atoms with Gasteiger partial charge in [-0.25, -0.2) is 4.39 Å². The summed E-state index contributed by atoms with van der Waals surface area (Å²) in [6.45, 7) is 0. The second kappa shape index (κ2) is 6.21. The van der Waals surface area contributed by atoms with Crippen molar-refractivity contribution in [3.05, 3.63) is 0 Å². The lowest BCUT2D eigenvalue weighted by molar-refractivity contribution is -0.478. The fourth-order valence-electron chi connectivity index (χ4n) is 2.19. The van der Waals surface area contributed by atoms with E-state index in [0.717, 1.165) is 0 Å². The monoisotopic (exact) mass is 511 g/mol. The number of hydrogen-bond donors (Lipinski definition) is 0. The van der Waals surface area contributed by atoms with E-state index in [-0.39, 0.29) is 0 Å². The van der Waals surface area contributed by atoms with Gasteiger partial charge in [-0.1, -0.05) is 0 Å². The van der Waals surface area contributed by atoms with Gasteiger partial charge in [-0.05, 0) is 0 Å². The topological polar surface area (TPSA) is 20.3 Å². The summed E-state index contributed by atoms with van der Waals surface area (Å²) >= 11 is 0. The van der Waals surface area contributed by atoms with E-state index in [1.165, 1.54) is 0 Å². The quantitative estimate of drug-likeness (QED) is 0.288. The van der Waals surface area contributed by atoms with Crippen LogP contribution >= 0.6 is 0 Å². The number of nitrogens with zero attached hydrogens (tertiary/aromatic N) is 1. The summed E-state index contributed by atoms with van der Waals surface area (Å²) in [4.78, 5) is 4.84. The number of hydrogen-bond acceptors (Lipinski definition) is 2. The van der Waals surface area contributed by atoms with Crippen LogP contribution in [0.15, 0.2) is 0 Å². The maximum absolute atomic E-state index is 14.0. The van der Waals surface area contributed by atoms with Crippen molar-refractivity contribution in [1.29, 1.82) is 0 Å². The smallest absolute Gasteiger partial charge is 0.254 e. The van der Waals surface area contributed by atoms with Gasteiger partial charge in [-0.2, -0.15) is 79.0 Å². The van der Waals surface area contributed by atoms with Gasteiger partial charge in [0.15, 0.2) is 0 Å². The van der Waals surface area contributed by atoms with Crippen molar-refractivity contribution in [3.63, 3.8) is 0 Å². The first kappa shape index (κ1) is 27.3. The Kier molecular flexibility index (Phi) is 5.47. The average molecular weight is 511 g/mol. The molecule has 2 nitrogen and oxygen atoms in total. The summed E-state index contributed by atoms with van der Waals surface area (Å²) in [5.41, 5.74) is 0. The van der Waals surface area contributed by atoms with Crippen molar-refractivity contribution >= 4 is 6.04 Å². The summed E-state index contributed by atoms with van der Waals surface area (Å²) in [7, 11) is 0. The first-order chi connectivity index (χ1) is 13.1. The molecule has 1 aliphatic rings. The molecule has 1 atom stereocenters. The van der Waals surface area contributed by atoms with Gasteiger partial charge in [0, 0.05) is 0 Å². The summed E-state index contributed by atoms with van der Waals surface area (Å²) in [5.74, 6) is -51.0. The highest BCUT2D eigenvalue weighted by molar-refractivity contribution is 5.78. The molecule has 1 saturated heterocycles. The molecule has 0 bridgehead atoms. The molecule has 0 amide bonds. The summed E-state index contributed by atoms with van der Waals surface area (Å²) in [5, 5.41) is 0. The van der Waals surface area contributed by atoms with Gasteiger partial charge in [0.25, 0.3) is 0 Å². The van der Waals surface area contributed by atoms with Crippen molar-refractivity contribution in [3.8, 4) is 0 Å². The molecule has 0 saturated carbocycles. The molecule has 1 rings (SSSR count). The Hall–Kier alpha value is -1.70. The first-order valence-electron chi connectivity index (χ1n) is 6.47. The lowest BCUT2D eigenvalue weighted by Gasteiger charge is -2.47. The van der Waals surface area contributed by atoms with E-state index in [4.69, 9.17) is 0 Å². The highest BCUT2D eigenvalue weighted by atomic mass is 19.4. The molecule has 1 unspecified atom stereocenters. The third kappa shape index (κ3) is 2.69. The lowest BCUT2D eigenvalue weighted by Crippen LogP contribution is -2.79. The van der Waals surface area contributed by atoms with E-state index >= 15 is 0 Å². The largest absolute Gasteiger partial charge is 0.443 e. The van der Waals surface area contributed by atoms with Crippen LogP contribution in [0.4, 0.5) is 83.4 Å². The van der Waals surface area contributed by atoms with E-state index < -0.39 is 64.6 Å². The second-order valence-electron chi connectivity index (χ2n) is 5.68. The fraction of sp³-hybridized carbons (Fsp3) is 0.900. The van der Waals surface area contributed by atoms with Gasteiger partial charge in [0.05, 0.1) is 0 Å². The maximum Gasteiger partial charge on any atom is 0.443 e. The summed E-state index contributed by atoms with van der Waals surface area (Å²) in [6, 6.07) is -22.6. The predicted octanol–water partition coefficient (Wildman–Crippen LogP) is 5.39. The molecule has 21 heteroatoms. The minimum Gasteiger partial charge on any atom is -0.254 e. The van der Waals surface area contributed by atoms with E-state index in [1.54, 1.807) is 0 Å². The van der Waals surface area contributed by atoms with Gasteiger partial charge in [-0.15, -0.1) is 4.90 Å². The van der Waals surface area contributed by atoms with E-state index in [1.807, 2.05) is 0 Å². The Morgan fingerprint density at radius 1 is 0.548 bits per heavy atom. The zero-order valence-corrected chi connectivity index (χ0v) is 13.0. The Balaban J connectivity index is 4.40. The third-order valence-electron chi connectivity index (χ3n) is 3.85. The van der Waals surface area contributed by atoms with Crippen molar-refractivity contribution in [1.82, 2.24) is 4.90 Å². The van der Waals surface area contributed by atoms with Crippen molar-refractivity contribution in [2.45, 2.75) is 53.7 Å². The van der Waals surface area contributed by atoms with Crippen LogP contribution in [0.3, 0.4) is 0 Å². The molecular formula is C10F19NO. The van der Waals surface area contributed by atoms with Crippen molar-refractivity contribution < 1.29 is 88.2 Å². The number of carbonyl (C=O) groups excluding carboxylic acids is 1. The van der Waals surface area contributed by atoms with Crippen LogP contribution in [0.25, 0.3) is 0 Å². The average Bonchev–Trinajstić information content (AvgIpc) is 2.51. The Morgan fingerprint density at radius 3 is 1.00 bits per heavy atom. The van der Waals surface area contributed by atoms with Gasteiger partial charge in [-0.3, -0.25) is 4.79 Å². The van der Waals surface area contributed by atoms with Crippen LogP contribution in [0.1, 0.15) is 0 Å². The fourth-order valence-corrected chi connectivity index (χ4v) is 2.19. The molecule has 184 valence electrons. The summed E-state index contributed by atoms with van der Waals surface area (Å²) < 4.78 is 251. The molecule has 31 heavy (non-hydrogen) atoms. The van der Waals surface area contributed by atoms with E-state index in [0.29, 0.717) is 0 Å². The van der Waals surface area contributed by atoms with Gasteiger partial charge < -0.3 is 0 Å². The Bertz CT molecular complexity index is 713. The van der Waals surface area contributed by atoms with Crippen LogP contribution < -0.4 is 0 Å². The molecule has 0 aromatic rings. The van der Waals surface area contributed by atoms with Crippen molar-refractivity contribution in [2.75, 3.05) is 0 Å². The Labute approximate surface area is 154 Å². The Morgan fingerprint density at radius 2 is 0.806 bits per heavy atom. The predicted molar refractivity (Wildman–Crippen MR) is 52.5 cm³/mol. The molecule has 1 heterocycles. The molecule has 0 aromatic heterocycles. The van der Waals surface area contributed by atoms with E-state index in [9.17, 15) is 88.2 Å². The third-order valence-corrected chi connectivity index (χ3v) is 3.85. The molecule has 1 aliphatic heterocycles. The zero-order chi connectivity index (χ0) is 25.7. The van der Waals surface area contributed by atoms with Gasteiger partial charge >= 0.3 is 59.7 Å². The first-order valence-corrected chi connectivity index (χ1v) is 6.47. The lowest BCUT2D eigenvalue weighted by atomic mass is 9.99. The minimum absolute atomic E-state index is 5.10. The maximum atomic E-state index is 14.0. The summed E-state index contributed by atoms with van der Waals surface area (Å²) in [6.07, 6.45) is -8.40. The van der Waals surface area contributed by atoms with Crippen LogP contribution in [0.2, 0.25) is 0 Å². The molecule has 0 aromatic carbocycles. The molecular weight excluding hydrogens is 511 g/mol. The number of carbonyl (C=O) groups is 1. The SMILES string of the molecule is O=C(F)C(F)(F)C(F)(N1C(F)(F)C(F)(F)C(F)(F)C(F)(F)C(F)(F)C1(F)F)C(F)(F)F. The van der Waals surface area contributed by atoms with Gasteiger partial charge in [0.2, 0.25) is 0 Å². The molecule has 0 radical (unpaired) electrons. The second-order valence-corrected chi connectivity index (χ2v) is 5.68.